The van der Waals surface area contributed by atoms with Crippen LogP contribution < -0.4 is 0 Å². The van der Waals surface area contributed by atoms with Crippen molar-refractivity contribution < 1.29 is 4.74 Å². The molecule has 3 rings (SSSR count). The topological polar surface area (TPSA) is 33.0 Å². The molecule has 0 radical (unpaired) electrons. The zero-order valence-corrected chi connectivity index (χ0v) is 11.4. The van der Waals surface area contributed by atoms with Crippen molar-refractivity contribution in [3.05, 3.63) is 35.4 Å². The van der Waals surface area contributed by atoms with Gasteiger partial charge in [-0.15, -0.1) is 0 Å². The molecule has 2 nitrogen and oxygen atoms in total. The van der Waals surface area contributed by atoms with E-state index in [4.69, 9.17) is 4.74 Å². The van der Waals surface area contributed by atoms with E-state index >= 15 is 0 Å². The Hall–Kier alpha value is -1.33. The number of hydrogen-bond donors (Lipinski definition) is 0. The summed E-state index contributed by atoms with van der Waals surface area (Å²) in [6.45, 7) is 0.904. The monoisotopic (exact) mass is 255 g/mol. The van der Waals surface area contributed by atoms with Crippen LogP contribution in [0.1, 0.15) is 49.7 Å². The van der Waals surface area contributed by atoms with Crippen LogP contribution in [0.3, 0.4) is 0 Å². The summed E-state index contributed by atoms with van der Waals surface area (Å²) < 4.78 is 5.71. The molecule has 0 aromatic heterocycles. The summed E-state index contributed by atoms with van der Waals surface area (Å²) in [5.41, 5.74) is 2.39. The summed E-state index contributed by atoms with van der Waals surface area (Å²) in [6.07, 6.45) is 7.99. The van der Waals surface area contributed by atoms with Crippen LogP contribution in [0.2, 0.25) is 0 Å². The van der Waals surface area contributed by atoms with E-state index < -0.39 is 0 Å². The molecule has 0 N–H and O–H groups in total. The average molecular weight is 255 g/mol. The van der Waals surface area contributed by atoms with Gasteiger partial charge in [-0.2, -0.15) is 5.26 Å². The zero-order chi connectivity index (χ0) is 13.1. The predicted molar refractivity (Wildman–Crippen MR) is 74.9 cm³/mol. The lowest BCUT2D eigenvalue weighted by Gasteiger charge is -2.34. The van der Waals surface area contributed by atoms with Crippen molar-refractivity contribution in [3.8, 4) is 6.07 Å². The van der Waals surface area contributed by atoms with Gasteiger partial charge < -0.3 is 4.74 Å². The first kappa shape index (κ1) is 12.7. The van der Waals surface area contributed by atoms with Gasteiger partial charge in [-0.3, -0.25) is 0 Å². The molecule has 2 heteroatoms. The van der Waals surface area contributed by atoms with Crippen molar-refractivity contribution in [2.75, 3.05) is 6.61 Å². The molecule has 0 bridgehead atoms. The molecule has 2 atom stereocenters. The highest BCUT2D eigenvalue weighted by molar-refractivity contribution is 5.41. The molecule has 0 spiro atoms. The van der Waals surface area contributed by atoms with Crippen molar-refractivity contribution >= 4 is 0 Å². The summed E-state index contributed by atoms with van der Waals surface area (Å²) >= 11 is 0. The highest BCUT2D eigenvalue weighted by Gasteiger charge is 2.37. The van der Waals surface area contributed by atoms with E-state index in [0.29, 0.717) is 6.10 Å². The first-order chi connectivity index (χ1) is 9.34. The molecular weight excluding hydrogens is 234 g/mol. The van der Waals surface area contributed by atoms with Gasteiger partial charge in [-0.05, 0) is 56.1 Å². The molecule has 2 aliphatic rings. The molecule has 1 aromatic carbocycles. The molecule has 1 aromatic rings. The smallest absolute Gasteiger partial charge is 0.0826 e. The van der Waals surface area contributed by atoms with Gasteiger partial charge in [0.2, 0.25) is 0 Å². The lowest BCUT2D eigenvalue weighted by molar-refractivity contribution is 0.0973. The molecule has 1 fully saturated rings. The number of nitrogens with zero attached hydrogens (tertiary/aromatic N) is 1. The number of nitriles is 1. The van der Waals surface area contributed by atoms with E-state index in [1.165, 1.54) is 24.0 Å². The third-order valence-corrected chi connectivity index (χ3v) is 4.71. The Balaban J connectivity index is 1.81. The van der Waals surface area contributed by atoms with Crippen LogP contribution in [0.4, 0.5) is 0 Å². The summed E-state index contributed by atoms with van der Waals surface area (Å²) in [5, 5.41) is 9.77. The minimum atomic E-state index is -0.263. The SMILES string of the molecule is N#CC1(CCC2CCCO2)CCCc2ccccc21. The first-order valence-electron chi connectivity index (χ1n) is 7.45. The maximum atomic E-state index is 9.77. The third-order valence-electron chi connectivity index (χ3n) is 4.71. The molecule has 1 saturated heterocycles. The Bertz CT molecular complexity index is 484. The first-order valence-corrected chi connectivity index (χ1v) is 7.45. The molecule has 0 saturated carbocycles. The maximum Gasteiger partial charge on any atom is 0.0826 e. The van der Waals surface area contributed by atoms with Crippen molar-refractivity contribution in [2.45, 2.75) is 56.5 Å². The molecule has 0 amide bonds. The van der Waals surface area contributed by atoms with Crippen LogP contribution in [0, 0.1) is 11.3 Å². The Labute approximate surface area is 115 Å². The van der Waals surface area contributed by atoms with Crippen LogP contribution in [-0.4, -0.2) is 12.7 Å². The molecule has 1 aliphatic heterocycles. The highest BCUT2D eigenvalue weighted by Crippen LogP contribution is 2.41. The number of aryl methyl sites for hydroxylation is 1. The molecule has 1 heterocycles. The van der Waals surface area contributed by atoms with Gasteiger partial charge in [0.05, 0.1) is 17.6 Å². The predicted octanol–water partition coefficient (Wildman–Crippen LogP) is 3.74. The molecule has 19 heavy (non-hydrogen) atoms. The normalized spacial score (nSPS) is 29.7. The Morgan fingerprint density at radius 1 is 1.32 bits per heavy atom. The van der Waals surface area contributed by atoms with E-state index in [1.807, 2.05) is 0 Å². The second kappa shape index (κ2) is 5.35. The van der Waals surface area contributed by atoms with Gasteiger partial charge in [0.25, 0.3) is 0 Å². The van der Waals surface area contributed by atoms with Crippen LogP contribution in [0.25, 0.3) is 0 Å². The van der Waals surface area contributed by atoms with Crippen molar-refractivity contribution in [3.63, 3.8) is 0 Å². The highest BCUT2D eigenvalue weighted by atomic mass is 16.5. The van der Waals surface area contributed by atoms with Gasteiger partial charge in [0.1, 0.15) is 0 Å². The van der Waals surface area contributed by atoms with Gasteiger partial charge >= 0.3 is 0 Å². The largest absolute Gasteiger partial charge is 0.378 e. The van der Waals surface area contributed by atoms with Crippen LogP contribution in [0.5, 0.6) is 0 Å². The molecular formula is C17H21NO. The van der Waals surface area contributed by atoms with Crippen LogP contribution >= 0.6 is 0 Å². The second-order valence-corrected chi connectivity index (χ2v) is 5.88. The fourth-order valence-electron chi connectivity index (χ4n) is 3.63. The fraction of sp³-hybridized carbons (Fsp3) is 0.588. The van der Waals surface area contributed by atoms with Crippen LogP contribution in [-0.2, 0) is 16.6 Å². The Kier molecular flexibility index (Phi) is 3.57. The van der Waals surface area contributed by atoms with Crippen molar-refractivity contribution in [2.24, 2.45) is 0 Å². The van der Waals surface area contributed by atoms with E-state index in [0.717, 1.165) is 38.7 Å². The Morgan fingerprint density at radius 2 is 2.21 bits per heavy atom. The van der Waals surface area contributed by atoms with Gasteiger partial charge in [0, 0.05) is 6.61 Å². The number of hydrogen-bond acceptors (Lipinski definition) is 2. The maximum absolute atomic E-state index is 9.77. The number of fused-ring (bicyclic) bond motifs is 1. The Morgan fingerprint density at radius 3 is 3.00 bits per heavy atom. The molecule has 100 valence electrons. The molecule has 2 unspecified atom stereocenters. The lowest BCUT2D eigenvalue weighted by atomic mass is 9.68. The van der Waals surface area contributed by atoms with Gasteiger partial charge in [-0.1, -0.05) is 24.3 Å². The third kappa shape index (κ3) is 2.40. The fourth-order valence-corrected chi connectivity index (χ4v) is 3.63. The summed E-state index contributed by atoms with van der Waals surface area (Å²) in [7, 11) is 0. The van der Waals surface area contributed by atoms with Crippen molar-refractivity contribution in [1.82, 2.24) is 0 Å². The number of benzene rings is 1. The van der Waals surface area contributed by atoms with Crippen LogP contribution in [0.15, 0.2) is 24.3 Å². The van der Waals surface area contributed by atoms with E-state index in [9.17, 15) is 5.26 Å². The minimum absolute atomic E-state index is 0.263. The standard InChI is InChI=1S/C17H21NO/c18-13-17(11-9-15-7-4-12-19-15)10-3-6-14-5-1-2-8-16(14)17/h1-2,5,8,15H,3-4,6-7,9-12H2. The lowest BCUT2D eigenvalue weighted by Crippen LogP contribution is -2.30. The summed E-state index contributed by atoms with van der Waals surface area (Å²) in [6, 6.07) is 11.2. The number of ether oxygens (including phenoxy) is 1. The minimum Gasteiger partial charge on any atom is -0.378 e. The zero-order valence-electron chi connectivity index (χ0n) is 11.4. The van der Waals surface area contributed by atoms with Gasteiger partial charge in [-0.25, -0.2) is 0 Å². The van der Waals surface area contributed by atoms with E-state index in [2.05, 4.69) is 30.3 Å². The van der Waals surface area contributed by atoms with E-state index in [-0.39, 0.29) is 5.41 Å². The summed E-state index contributed by atoms with van der Waals surface area (Å²) in [4.78, 5) is 0. The molecule has 1 aliphatic carbocycles. The number of rotatable bonds is 3. The quantitative estimate of drug-likeness (QED) is 0.824. The average Bonchev–Trinajstić information content (AvgIpc) is 2.98. The van der Waals surface area contributed by atoms with Gasteiger partial charge in [0.15, 0.2) is 0 Å². The summed E-state index contributed by atoms with van der Waals surface area (Å²) in [5.74, 6) is 0. The van der Waals surface area contributed by atoms with Crippen molar-refractivity contribution in [1.29, 1.82) is 5.26 Å². The second-order valence-electron chi connectivity index (χ2n) is 5.88. The van der Waals surface area contributed by atoms with E-state index in [1.54, 1.807) is 0 Å².